The second-order valence-corrected chi connectivity index (χ2v) is 3.71. The predicted octanol–water partition coefficient (Wildman–Crippen LogP) is 3.96. The number of carbonyl (C=O) groups is 1. The molecule has 0 fully saturated rings. The second-order valence-electron chi connectivity index (χ2n) is 2.28. The highest BCUT2D eigenvalue weighted by atomic mass is 79.9. The van der Waals surface area contributed by atoms with E-state index in [1.807, 2.05) is 37.3 Å². The fraction of sp³-hybridized carbons (Fsp3) is 0.300. The SMILES string of the molecule is CCBr.O=C(Cl)OCc1ccccc1. The van der Waals surface area contributed by atoms with Gasteiger partial charge in [0.05, 0.1) is 0 Å². The van der Waals surface area contributed by atoms with Crippen LogP contribution in [0.3, 0.4) is 0 Å². The Morgan fingerprint density at radius 1 is 1.43 bits per heavy atom. The molecule has 0 saturated carbocycles. The Hall–Kier alpha value is -0.540. The van der Waals surface area contributed by atoms with E-state index in [-0.39, 0.29) is 6.61 Å². The number of carbonyl (C=O) groups excluding carboxylic acids is 1. The highest BCUT2D eigenvalue weighted by molar-refractivity contribution is 9.09. The lowest BCUT2D eigenvalue weighted by Gasteiger charge is -1.98. The summed E-state index contributed by atoms with van der Waals surface area (Å²) in [5, 5.41) is 1.06. The summed E-state index contributed by atoms with van der Waals surface area (Å²) in [6, 6.07) is 9.36. The summed E-state index contributed by atoms with van der Waals surface area (Å²) in [5.74, 6) is 0. The van der Waals surface area contributed by atoms with E-state index in [1.54, 1.807) is 0 Å². The molecule has 0 unspecified atom stereocenters. The zero-order chi connectivity index (χ0) is 10.8. The molecule has 0 saturated heterocycles. The van der Waals surface area contributed by atoms with Gasteiger partial charge < -0.3 is 4.74 Å². The minimum atomic E-state index is -0.770. The average molecular weight is 280 g/mol. The predicted molar refractivity (Wildman–Crippen MR) is 61.9 cm³/mol. The molecular weight excluding hydrogens is 267 g/mol. The van der Waals surface area contributed by atoms with Crippen molar-refractivity contribution in [2.24, 2.45) is 0 Å². The summed E-state index contributed by atoms with van der Waals surface area (Å²) < 4.78 is 4.55. The molecule has 0 aliphatic heterocycles. The maximum absolute atomic E-state index is 10.2. The maximum Gasteiger partial charge on any atom is 0.404 e. The average Bonchev–Trinajstić information content (AvgIpc) is 2.18. The minimum absolute atomic E-state index is 0.239. The van der Waals surface area contributed by atoms with Crippen LogP contribution in [0.25, 0.3) is 0 Å². The molecule has 78 valence electrons. The van der Waals surface area contributed by atoms with Crippen molar-refractivity contribution in [3.05, 3.63) is 35.9 Å². The third kappa shape index (κ3) is 8.08. The molecule has 4 heteroatoms. The summed E-state index contributed by atoms with van der Waals surface area (Å²) in [5.41, 5.74) is 0.162. The van der Waals surface area contributed by atoms with Crippen molar-refractivity contribution < 1.29 is 9.53 Å². The van der Waals surface area contributed by atoms with E-state index in [4.69, 9.17) is 11.6 Å². The van der Waals surface area contributed by atoms with Crippen LogP contribution in [0.2, 0.25) is 0 Å². The van der Waals surface area contributed by atoms with Gasteiger partial charge in [-0.05, 0) is 5.56 Å². The van der Waals surface area contributed by atoms with E-state index in [0.29, 0.717) is 0 Å². The van der Waals surface area contributed by atoms with Gasteiger partial charge in [0, 0.05) is 16.9 Å². The standard InChI is InChI=1S/C8H7ClO2.C2H5Br/c9-8(10)11-6-7-4-2-1-3-5-7;1-2-3/h1-5H,6H2;2H2,1H3. The highest BCUT2D eigenvalue weighted by Gasteiger charge is 1.95. The van der Waals surface area contributed by atoms with Gasteiger partial charge in [-0.2, -0.15) is 0 Å². The van der Waals surface area contributed by atoms with E-state index in [0.717, 1.165) is 10.9 Å². The topological polar surface area (TPSA) is 26.3 Å². The molecule has 1 rings (SSSR count). The third-order valence-electron chi connectivity index (χ3n) is 1.20. The summed E-state index contributed by atoms with van der Waals surface area (Å²) in [7, 11) is 0. The summed E-state index contributed by atoms with van der Waals surface area (Å²) in [6.45, 7) is 2.28. The Kier molecular flexibility index (Phi) is 8.68. The van der Waals surface area contributed by atoms with Gasteiger partial charge in [0.15, 0.2) is 0 Å². The largest absolute Gasteiger partial charge is 0.449 e. The second kappa shape index (κ2) is 9.03. The highest BCUT2D eigenvalue weighted by Crippen LogP contribution is 2.01. The first-order chi connectivity index (χ1) is 6.70. The van der Waals surface area contributed by atoms with Gasteiger partial charge in [0.1, 0.15) is 6.61 Å². The molecule has 0 spiro atoms. The van der Waals surface area contributed by atoms with Crippen molar-refractivity contribution in [3.63, 3.8) is 0 Å². The molecule has 0 aliphatic rings. The van der Waals surface area contributed by atoms with Gasteiger partial charge in [0.2, 0.25) is 0 Å². The lowest BCUT2D eigenvalue weighted by Crippen LogP contribution is -1.93. The van der Waals surface area contributed by atoms with Crippen molar-refractivity contribution in [1.29, 1.82) is 0 Å². The molecule has 0 atom stereocenters. The number of benzene rings is 1. The van der Waals surface area contributed by atoms with Crippen molar-refractivity contribution in [2.75, 3.05) is 5.33 Å². The van der Waals surface area contributed by atoms with Gasteiger partial charge >= 0.3 is 5.43 Å². The number of hydrogen-bond acceptors (Lipinski definition) is 2. The Morgan fingerprint density at radius 2 is 1.93 bits per heavy atom. The Labute approximate surface area is 97.3 Å². The molecule has 0 heterocycles. The molecule has 14 heavy (non-hydrogen) atoms. The van der Waals surface area contributed by atoms with E-state index in [9.17, 15) is 4.79 Å². The fourth-order valence-corrected chi connectivity index (χ4v) is 0.769. The van der Waals surface area contributed by atoms with Crippen LogP contribution in [0.4, 0.5) is 4.79 Å². The van der Waals surface area contributed by atoms with E-state index in [1.165, 1.54) is 0 Å². The molecule has 0 aromatic heterocycles. The number of ether oxygens (including phenoxy) is 1. The Bertz CT molecular complexity index is 252. The molecular formula is C10H12BrClO2. The van der Waals surface area contributed by atoms with Crippen LogP contribution < -0.4 is 0 Å². The first-order valence-electron chi connectivity index (χ1n) is 4.12. The number of hydrogen-bond donors (Lipinski definition) is 0. The first-order valence-corrected chi connectivity index (χ1v) is 5.62. The van der Waals surface area contributed by atoms with Crippen LogP contribution in [0, 0.1) is 0 Å². The quantitative estimate of drug-likeness (QED) is 0.605. The fourth-order valence-electron chi connectivity index (χ4n) is 0.714. The molecule has 1 aromatic rings. The molecule has 0 radical (unpaired) electrons. The van der Waals surface area contributed by atoms with E-state index >= 15 is 0 Å². The molecule has 0 N–H and O–H groups in total. The van der Waals surface area contributed by atoms with Gasteiger partial charge in [0.25, 0.3) is 0 Å². The zero-order valence-corrected chi connectivity index (χ0v) is 10.2. The number of alkyl halides is 1. The Balaban J connectivity index is 0.000000500. The van der Waals surface area contributed by atoms with Gasteiger partial charge in [-0.15, -0.1) is 0 Å². The van der Waals surface area contributed by atoms with Crippen LogP contribution in [0.5, 0.6) is 0 Å². The lowest BCUT2D eigenvalue weighted by atomic mass is 10.2. The minimum Gasteiger partial charge on any atom is -0.449 e. The Morgan fingerprint density at radius 3 is 2.36 bits per heavy atom. The summed E-state index contributed by atoms with van der Waals surface area (Å²) >= 11 is 8.11. The van der Waals surface area contributed by atoms with Crippen LogP contribution in [0.15, 0.2) is 30.3 Å². The third-order valence-corrected chi connectivity index (χ3v) is 1.30. The molecule has 2 nitrogen and oxygen atoms in total. The zero-order valence-electron chi connectivity index (χ0n) is 7.87. The monoisotopic (exact) mass is 278 g/mol. The lowest BCUT2D eigenvalue weighted by molar-refractivity contribution is 0.167. The van der Waals surface area contributed by atoms with Gasteiger partial charge in [-0.3, -0.25) is 0 Å². The van der Waals surface area contributed by atoms with E-state index in [2.05, 4.69) is 20.7 Å². The van der Waals surface area contributed by atoms with Crippen molar-refractivity contribution in [2.45, 2.75) is 13.5 Å². The molecule has 1 aromatic carbocycles. The molecule has 0 aliphatic carbocycles. The first kappa shape index (κ1) is 13.5. The van der Waals surface area contributed by atoms with Gasteiger partial charge in [-0.25, -0.2) is 4.79 Å². The van der Waals surface area contributed by atoms with E-state index < -0.39 is 5.43 Å². The van der Waals surface area contributed by atoms with Crippen LogP contribution in [0.1, 0.15) is 12.5 Å². The summed E-state index contributed by atoms with van der Waals surface area (Å²) in [4.78, 5) is 10.2. The normalized spacial score (nSPS) is 8.50. The summed E-state index contributed by atoms with van der Waals surface area (Å²) in [6.07, 6.45) is 0. The smallest absolute Gasteiger partial charge is 0.404 e. The maximum atomic E-state index is 10.2. The number of halogens is 2. The van der Waals surface area contributed by atoms with Gasteiger partial charge in [-0.1, -0.05) is 53.2 Å². The molecule has 0 amide bonds. The van der Waals surface area contributed by atoms with Crippen LogP contribution >= 0.6 is 27.5 Å². The molecule has 0 bridgehead atoms. The van der Waals surface area contributed by atoms with Crippen molar-refractivity contribution >= 4 is 33.0 Å². The number of rotatable bonds is 2. The van der Waals surface area contributed by atoms with Crippen molar-refractivity contribution in [1.82, 2.24) is 0 Å². The van der Waals surface area contributed by atoms with Crippen LogP contribution in [-0.4, -0.2) is 10.8 Å². The van der Waals surface area contributed by atoms with Crippen molar-refractivity contribution in [3.8, 4) is 0 Å². The van der Waals surface area contributed by atoms with Crippen LogP contribution in [-0.2, 0) is 11.3 Å².